The number of nitrogens with one attached hydrogen (secondary N) is 2. The summed E-state index contributed by atoms with van der Waals surface area (Å²) in [5, 5.41) is 5.56. The van der Waals surface area contributed by atoms with Crippen molar-refractivity contribution in [3.8, 4) is 0 Å². The van der Waals surface area contributed by atoms with E-state index in [1.165, 1.54) is 12.1 Å². The van der Waals surface area contributed by atoms with E-state index in [0.29, 0.717) is 23.4 Å². The number of nitrogens with zero attached hydrogens (tertiary/aromatic N) is 1. The van der Waals surface area contributed by atoms with Crippen LogP contribution < -0.4 is 10.6 Å². The zero-order chi connectivity index (χ0) is 19.1. The third kappa shape index (κ3) is 5.22. The molecule has 1 aromatic heterocycles. The van der Waals surface area contributed by atoms with Crippen LogP contribution in [0.15, 0.2) is 73.1 Å². The van der Waals surface area contributed by atoms with Gasteiger partial charge in [-0.05, 0) is 41.5 Å². The quantitative estimate of drug-likeness (QED) is 0.706. The predicted octanol–water partition coefficient (Wildman–Crippen LogP) is 3.33. The summed E-state index contributed by atoms with van der Waals surface area (Å²) in [7, 11) is 0. The van der Waals surface area contributed by atoms with Crippen molar-refractivity contribution in [3.63, 3.8) is 0 Å². The van der Waals surface area contributed by atoms with E-state index >= 15 is 0 Å². The Labute approximate surface area is 156 Å². The van der Waals surface area contributed by atoms with Crippen molar-refractivity contribution >= 4 is 17.5 Å². The summed E-state index contributed by atoms with van der Waals surface area (Å²) in [4.78, 5) is 28.8. The minimum absolute atomic E-state index is 0.0892. The molecule has 3 aromatic rings. The summed E-state index contributed by atoms with van der Waals surface area (Å²) in [5.41, 5.74) is 2.36. The number of benzene rings is 2. The molecular formula is C21H18FN3O2. The Bertz CT molecular complexity index is 928. The molecule has 0 spiro atoms. The van der Waals surface area contributed by atoms with E-state index in [-0.39, 0.29) is 24.1 Å². The van der Waals surface area contributed by atoms with Gasteiger partial charge >= 0.3 is 0 Å². The first-order valence-corrected chi connectivity index (χ1v) is 8.42. The molecule has 0 unspecified atom stereocenters. The van der Waals surface area contributed by atoms with Crippen LogP contribution in [0, 0.1) is 5.82 Å². The van der Waals surface area contributed by atoms with Gasteiger partial charge in [-0.15, -0.1) is 0 Å². The second-order valence-electron chi connectivity index (χ2n) is 5.94. The van der Waals surface area contributed by atoms with Crippen LogP contribution in [0.25, 0.3) is 0 Å². The van der Waals surface area contributed by atoms with Gasteiger partial charge in [-0.25, -0.2) is 4.39 Å². The highest BCUT2D eigenvalue weighted by atomic mass is 19.1. The molecule has 0 radical (unpaired) electrons. The number of halogens is 1. The summed E-state index contributed by atoms with van der Waals surface area (Å²) in [5.74, 6) is -0.930. The van der Waals surface area contributed by atoms with Crippen LogP contribution in [0.4, 0.5) is 10.1 Å². The number of carbonyl (C=O) groups is 2. The standard InChI is InChI=1S/C21H18FN3O2/c22-17-9-7-15(8-10-17)12-20(26)25-19-6-2-1-5-18(19)21(27)24-14-16-4-3-11-23-13-16/h1-11,13H,12,14H2,(H,24,27)(H,25,26). The van der Waals surface area contributed by atoms with E-state index in [2.05, 4.69) is 15.6 Å². The lowest BCUT2D eigenvalue weighted by atomic mass is 10.1. The SMILES string of the molecule is O=C(Cc1ccc(F)cc1)Nc1ccccc1C(=O)NCc1cccnc1. The molecule has 27 heavy (non-hydrogen) atoms. The fourth-order valence-electron chi connectivity index (χ4n) is 2.55. The average molecular weight is 363 g/mol. The normalized spacial score (nSPS) is 10.3. The van der Waals surface area contributed by atoms with Gasteiger partial charge in [0.2, 0.25) is 5.91 Å². The molecule has 1 heterocycles. The maximum atomic E-state index is 13.0. The van der Waals surface area contributed by atoms with Gasteiger partial charge in [0.05, 0.1) is 17.7 Å². The number of amides is 2. The maximum Gasteiger partial charge on any atom is 0.253 e. The van der Waals surface area contributed by atoms with Crippen molar-refractivity contribution in [2.75, 3.05) is 5.32 Å². The third-order valence-electron chi connectivity index (χ3n) is 3.90. The number of anilines is 1. The van der Waals surface area contributed by atoms with Crippen LogP contribution in [0.2, 0.25) is 0 Å². The van der Waals surface area contributed by atoms with Crippen LogP contribution in [-0.2, 0) is 17.8 Å². The van der Waals surface area contributed by atoms with Crippen LogP contribution in [0.1, 0.15) is 21.5 Å². The van der Waals surface area contributed by atoms with E-state index in [4.69, 9.17) is 0 Å². The maximum absolute atomic E-state index is 13.0. The molecule has 0 atom stereocenters. The molecule has 0 aliphatic carbocycles. The summed E-state index contributed by atoms with van der Waals surface area (Å²) in [6, 6.07) is 16.2. The van der Waals surface area contributed by atoms with E-state index in [9.17, 15) is 14.0 Å². The second kappa shape index (κ2) is 8.71. The van der Waals surface area contributed by atoms with Crippen molar-refractivity contribution in [1.29, 1.82) is 0 Å². The lowest BCUT2D eigenvalue weighted by molar-refractivity contribution is -0.115. The van der Waals surface area contributed by atoms with Crippen molar-refractivity contribution in [2.24, 2.45) is 0 Å². The molecule has 2 amide bonds. The number of hydrogen-bond acceptors (Lipinski definition) is 3. The van der Waals surface area contributed by atoms with Gasteiger partial charge in [-0.3, -0.25) is 14.6 Å². The second-order valence-corrected chi connectivity index (χ2v) is 5.94. The summed E-state index contributed by atoms with van der Waals surface area (Å²) in [6.07, 6.45) is 3.43. The van der Waals surface area contributed by atoms with Gasteiger partial charge in [-0.2, -0.15) is 0 Å². The Morgan fingerprint density at radius 1 is 0.926 bits per heavy atom. The molecule has 0 bridgehead atoms. The van der Waals surface area contributed by atoms with Crippen LogP contribution in [-0.4, -0.2) is 16.8 Å². The van der Waals surface area contributed by atoms with Gasteiger partial charge in [0.25, 0.3) is 5.91 Å². The first kappa shape index (κ1) is 18.3. The van der Waals surface area contributed by atoms with Gasteiger partial charge in [-0.1, -0.05) is 30.3 Å². The Kier molecular flexibility index (Phi) is 5.89. The number of para-hydroxylation sites is 1. The molecule has 3 rings (SSSR count). The van der Waals surface area contributed by atoms with Crippen molar-refractivity contribution in [3.05, 3.63) is 95.6 Å². The topological polar surface area (TPSA) is 71.1 Å². The largest absolute Gasteiger partial charge is 0.348 e. The Hall–Kier alpha value is -3.54. The Morgan fingerprint density at radius 3 is 2.44 bits per heavy atom. The van der Waals surface area contributed by atoms with E-state index in [0.717, 1.165) is 5.56 Å². The molecule has 0 aliphatic heterocycles. The highest BCUT2D eigenvalue weighted by molar-refractivity contribution is 6.04. The molecule has 6 heteroatoms. The molecule has 0 saturated heterocycles. The van der Waals surface area contributed by atoms with Gasteiger partial charge in [0.1, 0.15) is 5.82 Å². The zero-order valence-electron chi connectivity index (χ0n) is 14.5. The van der Waals surface area contributed by atoms with Crippen LogP contribution in [0.3, 0.4) is 0 Å². The number of rotatable bonds is 6. The number of carbonyl (C=O) groups excluding carboxylic acids is 2. The third-order valence-corrected chi connectivity index (χ3v) is 3.90. The number of pyridine rings is 1. The van der Waals surface area contributed by atoms with Crippen molar-refractivity contribution in [1.82, 2.24) is 10.3 Å². The molecule has 0 saturated carbocycles. The first-order valence-electron chi connectivity index (χ1n) is 8.42. The van der Waals surface area contributed by atoms with E-state index in [1.807, 2.05) is 6.07 Å². The van der Waals surface area contributed by atoms with E-state index < -0.39 is 0 Å². The lowest BCUT2D eigenvalue weighted by Crippen LogP contribution is -2.25. The monoisotopic (exact) mass is 363 g/mol. The van der Waals surface area contributed by atoms with Crippen LogP contribution >= 0.6 is 0 Å². The van der Waals surface area contributed by atoms with E-state index in [1.54, 1.807) is 54.9 Å². The highest BCUT2D eigenvalue weighted by Gasteiger charge is 2.13. The molecule has 5 nitrogen and oxygen atoms in total. The average Bonchev–Trinajstić information content (AvgIpc) is 2.69. The fourth-order valence-corrected chi connectivity index (χ4v) is 2.55. The Balaban J connectivity index is 1.65. The lowest BCUT2D eigenvalue weighted by Gasteiger charge is -2.11. The molecule has 2 aromatic carbocycles. The molecule has 136 valence electrons. The van der Waals surface area contributed by atoms with Crippen molar-refractivity contribution < 1.29 is 14.0 Å². The highest BCUT2D eigenvalue weighted by Crippen LogP contribution is 2.16. The Morgan fingerprint density at radius 2 is 1.70 bits per heavy atom. The smallest absolute Gasteiger partial charge is 0.253 e. The predicted molar refractivity (Wildman–Crippen MR) is 101 cm³/mol. The summed E-state index contributed by atoms with van der Waals surface area (Å²) >= 11 is 0. The molecule has 2 N–H and O–H groups in total. The van der Waals surface area contributed by atoms with Crippen LogP contribution in [0.5, 0.6) is 0 Å². The fraction of sp³-hybridized carbons (Fsp3) is 0.0952. The molecular weight excluding hydrogens is 345 g/mol. The van der Waals surface area contributed by atoms with Crippen molar-refractivity contribution in [2.45, 2.75) is 13.0 Å². The minimum atomic E-state index is -0.352. The number of aromatic nitrogens is 1. The van der Waals surface area contributed by atoms with Gasteiger partial charge in [0, 0.05) is 18.9 Å². The van der Waals surface area contributed by atoms with Gasteiger partial charge < -0.3 is 10.6 Å². The number of hydrogen-bond donors (Lipinski definition) is 2. The zero-order valence-corrected chi connectivity index (χ0v) is 14.5. The minimum Gasteiger partial charge on any atom is -0.348 e. The first-order chi connectivity index (χ1) is 13.1. The van der Waals surface area contributed by atoms with Gasteiger partial charge in [0.15, 0.2) is 0 Å². The molecule has 0 aliphatic rings. The molecule has 0 fully saturated rings. The summed E-state index contributed by atoms with van der Waals surface area (Å²) < 4.78 is 13.0. The summed E-state index contributed by atoms with van der Waals surface area (Å²) in [6.45, 7) is 0.338.